The maximum absolute atomic E-state index is 14.1. The van der Waals surface area contributed by atoms with Crippen molar-refractivity contribution in [1.82, 2.24) is 29.5 Å². The van der Waals surface area contributed by atoms with Crippen molar-refractivity contribution in [2.24, 2.45) is 5.92 Å². The van der Waals surface area contributed by atoms with Crippen LogP contribution in [-0.4, -0.2) is 86.6 Å². The lowest BCUT2D eigenvalue weighted by Gasteiger charge is -2.41. The van der Waals surface area contributed by atoms with E-state index in [-0.39, 0.29) is 30.7 Å². The number of alkyl halides is 6. The van der Waals surface area contributed by atoms with Crippen molar-refractivity contribution in [3.63, 3.8) is 0 Å². The molecule has 3 aromatic rings. The van der Waals surface area contributed by atoms with Gasteiger partial charge in [-0.2, -0.15) is 26.3 Å². The maximum Gasteiger partial charge on any atom is 0.418 e. The number of piperidine rings is 3. The number of aromatic nitrogens is 3. The highest BCUT2D eigenvalue weighted by molar-refractivity contribution is 5.86. The Morgan fingerprint density at radius 3 is 1.94 bits per heavy atom. The van der Waals surface area contributed by atoms with Gasteiger partial charge in [-0.1, -0.05) is 36.8 Å². The standard InChI is InChI=1S/C36H43F6N7O3/c37-35(38,39)28-20-23(21-29(31(28)43)36(40,41)42)19-25(33(51)48-17-9-26(10-18-48)46-13-5-2-6-14-46)22-30(50)47-15-11-27(12-16-47)49-34(52)44-32(45-49)24-7-3-1-4-8-24/h1,3-4,7-8,20-21,25-27H,2,5-6,9-19,22,43H2,(H,44,45,52)/t25-/m0/s1. The molecule has 3 aliphatic rings. The summed E-state index contributed by atoms with van der Waals surface area (Å²) in [5, 5.41) is 4.46. The van der Waals surface area contributed by atoms with Crippen molar-refractivity contribution in [3.05, 3.63) is 69.6 Å². The molecule has 0 aliphatic carbocycles. The fourth-order valence-corrected chi connectivity index (χ4v) is 7.83. The Kier molecular flexibility index (Phi) is 11.0. The molecule has 4 heterocycles. The molecule has 1 atom stereocenters. The number of hydrogen-bond acceptors (Lipinski definition) is 6. The lowest BCUT2D eigenvalue weighted by Crippen LogP contribution is -2.50. The van der Waals surface area contributed by atoms with Crippen LogP contribution >= 0.6 is 0 Å². The Morgan fingerprint density at radius 1 is 0.808 bits per heavy atom. The highest BCUT2D eigenvalue weighted by Gasteiger charge is 2.42. The van der Waals surface area contributed by atoms with Crippen molar-refractivity contribution >= 4 is 17.5 Å². The number of nitrogens with one attached hydrogen (secondary N) is 1. The van der Waals surface area contributed by atoms with Gasteiger partial charge in [0.1, 0.15) is 0 Å². The van der Waals surface area contributed by atoms with E-state index in [9.17, 15) is 40.7 Å². The first-order chi connectivity index (χ1) is 24.7. The molecule has 2 aromatic carbocycles. The first kappa shape index (κ1) is 37.4. The summed E-state index contributed by atoms with van der Waals surface area (Å²) in [6.45, 7) is 3.17. The number of carbonyl (C=O) groups is 2. The molecule has 3 aliphatic heterocycles. The van der Waals surface area contributed by atoms with Crippen LogP contribution in [0.4, 0.5) is 32.0 Å². The van der Waals surface area contributed by atoms with Crippen molar-refractivity contribution in [3.8, 4) is 11.4 Å². The first-order valence-electron chi connectivity index (χ1n) is 17.8. The molecule has 1 aromatic heterocycles. The van der Waals surface area contributed by atoms with Crippen LogP contribution in [0.15, 0.2) is 47.3 Å². The van der Waals surface area contributed by atoms with E-state index >= 15 is 0 Å². The lowest BCUT2D eigenvalue weighted by atomic mass is 9.90. The summed E-state index contributed by atoms with van der Waals surface area (Å²) in [6.07, 6.45) is -5.71. The first-order valence-corrected chi connectivity index (χ1v) is 17.8. The van der Waals surface area contributed by atoms with Crippen LogP contribution in [0.25, 0.3) is 11.4 Å². The van der Waals surface area contributed by atoms with Gasteiger partial charge in [0.2, 0.25) is 11.8 Å². The smallest absolute Gasteiger partial charge is 0.398 e. The van der Waals surface area contributed by atoms with E-state index in [0.717, 1.165) is 31.5 Å². The van der Waals surface area contributed by atoms with Crippen LogP contribution in [0.5, 0.6) is 0 Å². The molecule has 3 fully saturated rings. The average Bonchev–Trinajstić information content (AvgIpc) is 3.53. The lowest BCUT2D eigenvalue weighted by molar-refractivity contribution is -0.143. The van der Waals surface area contributed by atoms with E-state index < -0.39 is 65.4 Å². The van der Waals surface area contributed by atoms with Crippen LogP contribution in [0.2, 0.25) is 0 Å². The predicted octanol–water partition coefficient (Wildman–Crippen LogP) is 5.75. The fraction of sp³-hybridized carbons (Fsp3) is 0.556. The summed E-state index contributed by atoms with van der Waals surface area (Å²) in [5.41, 5.74) is 0.634. The van der Waals surface area contributed by atoms with E-state index in [2.05, 4.69) is 15.0 Å². The second kappa shape index (κ2) is 15.3. The van der Waals surface area contributed by atoms with Crippen LogP contribution in [-0.2, 0) is 28.4 Å². The number of anilines is 1. The van der Waals surface area contributed by atoms with E-state index in [1.807, 2.05) is 30.3 Å². The molecular formula is C36H43F6N7O3. The minimum absolute atomic E-state index is 0.226. The number of nitrogens with two attached hydrogens (primary N) is 1. The van der Waals surface area contributed by atoms with E-state index in [0.29, 0.717) is 56.7 Å². The molecule has 0 unspecified atom stereocenters. The van der Waals surface area contributed by atoms with E-state index in [1.165, 1.54) is 16.0 Å². The number of amides is 2. The second-order valence-corrected chi connectivity index (χ2v) is 14.1. The number of carbonyl (C=O) groups excluding carboxylic acids is 2. The molecule has 6 rings (SSSR count). The molecule has 3 N–H and O–H groups in total. The molecule has 2 amide bonds. The van der Waals surface area contributed by atoms with Gasteiger partial charge < -0.3 is 20.4 Å². The second-order valence-electron chi connectivity index (χ2n) is 14.1. The molecule has 10 nitrogen and oxygen atoms in total. The zero-order valence-electron chi connectivity index (χ0n) is 28.7. The van der Waals surface area contributed by atoms with Crippen LogP contribution in [0, 0.1) is 5.92 Å². The Labute approximate surface area is 296 Å². The van der Waals surface area contributed by atoms with Gasteiger partial charge in [-0.05, 0) is 75.7 Å². The number of likely N-dealkylation sites (tertiary alicyclic amines) is 3. The monoisotopic (exact) mass is 735 g/mol. The topological polar surface area (TPSA) is 121 Å². The van der Waals surface area contributed by atoms with Crippen molar-refractivity contribution in [2.75, 3.05) is 45.0 Å². The quantitative estimate of drug-likeness (QED) is 0.225. The number of nitrogens with zero attached hydrogens (tertiary/aromatic N) is 5. The predicted molar refractivity (Wildman–Crippen MR) is 181 cm³/mol. The largest absolute Gasteiger partial charge is 0.418 e. The van der Waals surface area contributed by atoms with Gasteiger partial charge >= 0.3 is 18.0 Å². The molecular weight excluding hydrogens is 692 g/mol. The summed E-state index contributed by atoms with van der Waals surface area (Å²) >= 11 is 0. The summed E-state index contributed by atoms with van der Waals surface area (Å²) < 4.78 is 84.6. The van der Waals surface area contributed by atoms with Gasteiger partial charge in [-0.3, -0.25) is 14.6 Å². The molecule has 0 radical (unpaired) electrons. The van der Waals surface area contributed by atoms with Crippen molar-refractivity contribution in [1.29, 1.82) is 0 Å². The Hall–Kier alpha value is -4.34. The number of rotatable bonds is 8. The van der Waals surface area contributed by atoms with Crippen LogP contribution in [0.1, 0.15) is 74.1 Å². The molecule has 0 bridgehead atoms. The summed E-state index contributed by atoms with van der Waals surface area (Å²) in [7, 11) is 0. The third kappa shape index (κ3) is 8.48. The third-order valence-corrected chi connectivity index (χ3v) is 10.6. The molecule has 16 heteroatoms. The Morgan fingerprint density at radius 2 is 1.37 bits per heavy atom. The highest BCUT2D eigenvalue weighted by Crippen LogP contribution is 2.42. The number of halogens is 6. The number of aromatic amines is 1. The Balaban J connectivity index is 1.19. The number of benzene rings is 2. The van der Waals surface area contributed by atoms with Crippen LogP contribution < -0.4 is 11.4 Å². The van der Waals surface area contributed by atoms with Crippen LogP contribution in [0.3, 0.4) is 0 Å². The molecule has 52 heavy (non-hydrogen) atoms. The summed E-state index contributed by atoms with van der Waals surface area (Å²) in [4.78, 5) is 48.8. The summed E-state index contributed by atoms with van der Waals surface area (Å²) in [6, 6.07) is 10.2. The number of H-pyrrole nitrogens is 1. The molecule has 3 saturated heterocycles. The minimum atomic E-state index is -5.17. The van der Waals surface area contributed by atoms with Gasteiger partial charge in [0, 0.05) is 44.2 Å². The average molecular weight is 736 g/mol. The Bertz CT molecular complexity index is 1730. The SMILES string of the molecule is Nc1c(C(F)(F)F)cc(C[C@@H](CC(=O)N2CCC(n3nc(-c4ccccc4)[nH]c3=O)CC2)C(=O)N2CCC(N3CCCCC3)CC2)cc1C(F)(F)F. The molecule has 0 saturated carbocycles. The number of hydrogen-bond donors (Lipinski definition) is 2. The third-order valence-electron chi connectivity index (χ3n) is 10.6. The zero-order valence-corrected chi connectivity index (χ0v) is 28.7. The van der Waals surface area contributed by atoms with Crippen molar-refractivity contribution in [2.45, 2.75) is 82.2 Å². The van der Waals surface area contributed by atoms with Gasteiger partial charge in [-0.15, -0.1) is 5.10 Å². The van der Waals surface area contributed by atoms with Gasteiger partial charge in [0.15, 0.2) is 5.82 Å². The minimum Gasteiger partial charge on any atom is -0.398 e. The molecule has 282 valence electrons. The van der Waals surface area contributed by atoms with Crippen molar-refractivity contribution < 1.29 is 35.9 Å². The van der Waals surface area contributed by atoms with E-state index in [4.69, 9.17) is 5.73 Å². The maximum atomic E-state index is 14.1. The normalized spacial score (nSPS) is 19.2. The van der Waals surface area contributed by atoms with E-state index in [1.54, 1.807) is 4.90 Å². The van der Waals surface area contributed by atoms with Gasteiger partial charge in [0.05, 0.1) is 28.8 Å². The number of nitrogen functional groups attached to an aromatic ring is 1. The highest BCUT2D eigenvalue weighted by atomic mass is 19.4. The zero-order chi connectivity index (χ0) is 37.2. The summed E-state index contributed by atoms with van der Waals surface area (Å²) in [5.74, 6) is -1.71. The van der Waals surface area contributed by atoms with Gasteiger partial charge in [0.25, 0.3) is 0 Å². The van der Waals surface area contributed by atoms with Gasteiger partial charge in [-0.25, -0.2) is 9.48 Å². The molecule has 0 spiro atoms. The fourth-order valence-electron chi connectivity index (χ4n) is 7.83.